The standard InChI is InChI=1S/C18H27NO5/c1-6-23-17(21)18(3,22)12-15(20)24-16(13(2)19(4)5)14-10-8-7-9-11-14/h7-11,13,16,22H,6,12H2,1-5H3/t13-,16-,18+/m1/s1. The maximum Gasteiger partial charge on any atom is 0.338 e. The van der Waals surface area contributed by atoms with E-state index in [2.05, 4.69) is 0 Å². The van der Waals surface area contributed by atoms with Crippen molar-refractivity contribution in [3.8, 4) is 0 Å². The van der Waals surface area contributed by atoms with Crippen molar-refractivity contribution < 1.29 is 24.2 Å². The van der Waals surface area contributed by atoms with Gasteiger partial charge in [-0.1, -0.05) is 30.3 Å². The van der Waals surface area contributed by atoms with Crippen LogP contribution < -0.4 is 0 Å². The Hall–Kier alpha value is -1.92. The molecule has 0 heterocycles. The Bertz CT molecular complexity index is 542. The fourth-order valence-corrected chi connectivity index (χ4v) is 2.18. The predicted octanol–water partition coefficient (Wildman–Crippen LogP) is 1.93. The Balaban J connectivity index is 2.87. The molecule has 0 fully saturated rings. The van der Waals surface area contributed by atoms with Crippen LogP contribution in [-0.2, 0) is 19.1 Å². The van der Waals surface area contributed by atoms with Crippen LogP contribution in [0.1, 0.15) is 38.9 Å². The van der Waals surface area contributed by atoms with Crippen molar-refractivity contribution >= 4 is 11.9 Å². The lowest BCUT2D eigenvalue weighted by molar-refractivity contribution is -0.173. The van der Waals surface area contributed by atoms with Crippen LogP contribution in [0.15, 0.2) is 30.3 Å². The van der Waals surface area contributed by atoms with Gasteiger partial charge in [-0.15, -0.1) is 0 Å². The van der Waals surface area contributed by atoms with Crippen LogP contribution in [0.3, 0.4) is 0 Å². The third kappa shape index (κ3) is 5.62. The number of ether oxygens (including phenoxy) is 2. The van der Waals surface area contributed by atoms with Crippen molar-refractivity contribution in [1.82, 2.24) is 4.90 Å². The first-order valence-electron chi connectivity index (χ1n) is 7.99. The summed E-state index contributed by atoms with van der Waals surface area (Å²) in [6.45, 7) is 4.96. The van der Waals surface area contributed by atoms with E-state index in [0.29, 0.717) is 0 Å². The largest absolute Gasteiger partial charge is 0.464 e. The summed E-state index contributed by atoms with van der Waals surface area (Å²) in [6, 6.07) is 9.29. The molecule has 0 spiro atoms. The Morgan fingerprint density at radius 3 is 2.33 bits per heavy atom. The molecule has 134 valence electrons. The minimum absolute atomic E-state index is 0.0797. The molecule has 1 aromatic rings. The molecule has 6 nitrogen and oxygen atoms in total. The summed E-state index contributed by atoms with van der Waals surface area (Å²) in [5.41, 5.74) is -1.06. The molecular weight excluding hydrogens is 310 g/mol. The molecular formula is C18H27NO5. The number of rotatable bonds is 8. The first-order valence-corrected chi connectivity index (χ1v) is 7.99. The Labute approximate surface area is 143 Å². The smallest absolute Gasteiger partial charge is 0.338 e. The van der Waals surface area contributed by atoms with Crippen LogP contribution in [0.25, 0.3) is 0 Å². The highest BCUT2D eigenvalue weighted by molar-refractivity contribution is 5.85. The molecule has 0 aliphatic rings. The van der Waals surface area contributed by atoms with Crippen LogP contribution >= 0.6 is 0 Å². The first-order chi connectivity index (χ1) is 11.2. The summed E-state index contributed by atoms with van der Waals surface area (Å²) in [5.74, 6) is -1.49. The van der Waals surface area contributed by atoms with Gasteiger partial charge in [0.2, 0.25) is 0 Å². The van der Waals surface area contributed by atoms with Gasteiger partial charge >= 0.3 is 11.9 Å². The molecule has 0 saturated carbocycles. The van der Waals surface area contributed by atoms with Crippen molar-refractivity contribution in [3.05, 3.63) is 35.9 Å². The molecule has 24 heavy (non-hydrogen) atoms. The van der Waals surface area contributed by atoms with Crippen molar-refractivity contribution in [3.63, 3.8) is 0 Å². The third-order valence-electron chi connectivity index (χ3n) is 3.84. The monoisotopic (exact) mass is 337 g/mol. The average Bonchev–Trinajstić information content (AvgIpc) is 2.52. The molecule has 6 heteroatoms. The van der Waals surface area contributed by atoms with E-state index in [0.717, 1.165) is 5.56 Å². The topological polar surface area (TPSA) is 76.1 Å². The minimum atomic E-state index is -1.91. The fourth-order valence-electron chi connectivity index (χ4n) is 2.18. The lowest BCUT2D eigenvalue weighted by Gasteiger charge is -2.30. The van der Waals surface area contributed by atoms with Gasteiger partial charge in [-0.05, 0) is 40.4 Å². The Morgan fingerprint density at radius 2 is 1.83 bits per heavy atom. The zero-order valence-corrected chi connectivity index (χ0v) is 15.0. The fraction of sp³-hybridized carbons (Fsp3) is 0.556. The zero-order chi connectivity index (χ0) is 18.3. The number of esters is 2. The SMILES string of the molecule is CCOC(=O)[C@@](C)(O)CC(=O)O[C@@H](c1ccccc1)[C@@H](C)N(C)C. The van der Waals surface area contributed by atoms with Crippen LogP contribution in [0.4, 0.5) is 0 Å². The summed E-state index contributed by atoms with van der Waals surface area (Å²) >= 11 is 0. The van der Waals surface area contributed by atoms with Gasteiger partial charge in [0.15, 0.2) is 5.60 Å². The van der Waals surface area contributed by atoms with Crippen molar-refractivity contribution in [1.29, 1.82) is 0 Å². The van der Waals surface area contributed by atoms with E-state index in [1.807, 2.05) is 56.3 Å². The van der Waals surface area contributed by atoms with Crippen molar-refractivity contribution in [2.45, 2.75) is 44.9 Å². The number of carbonyl (C=O) groups is 2. The van der Waals surface area contributed by atoms with E-state index < -0.39 is 30.1 Å². The van der Waals surface area contributed by atoms with E-state index in [1.54, 1.807) is 6.92 Å². The number of hydrogen-bond donors (Lipinski definition) is 1. The lowest BCUT2D eigenvalue weighted by Crippen LogP contribution is -2.41. The molecule has 0 amide bonds. The van der Waals surface area contributed by atoms with Gasteiger partial charge in [0.1, 0.15) is 6.10 Å². The zero-order valence-electron chi connectivity index (χ0n) is 15.0. The molecule has 0 saturated heterocycles. The number of nitrogens with zero attached hydrogens (tertiary/aromatic N) is 1. The van der Waals surface area contributed by atoms with E-state index in [-0.39, 0.29) is 12.6 Å². The Morgan fingerprint density at radius 1 is 1.25 bits per heavy atom. The number of hydrogen-bond acceptors (Lipinski definition) is 6. The van der Waals surface area contributed by atoms with Gasteiger partial charge in [-0.2, -0.15) is 0 Å². The number of likely N-dealkylation sites (N-methyl/N-ethyl adjacent to an activating group) is 1. The van der Waals surface area contributed by atoms with Crippen molar-refractivity contribution in [2.75, 3.05) is 20.7 Å². The molecule has 0 aliphatic heterocycles. The quantitative estimate of drug-likeness (QED) is 0.731. The van der Waals surface area contributed by atoms with Gasteiger partial charge < -0.3 is 19.5 Å². The predicted molar refractivity (Wildman–Crippen MR) is 90.3 cm³/mol. The van der Waals surface area contributed by atoms with Gasteiger partial charge in [0.05, 0.1) is 13.0 Å². The van der Waals surface area contributed by atoms with Gasteiger partial charge in [0, 0.05) is 6.04 Å². The Kier molecular flexibility index (Phi) is 7.38. The minimum Gasteiger partial charge on any atom is -0.464 e. The highest BCUT2D eigenvalue weighted by atomic mass is 16.6. The van der Waals surface area contributed by atoms with Crippen LogP contribution in [0.2, 0.25) is 0 Å². The second-order valence-corrected chi connectivity index (χ2v) is 6.20. The maximum atomic E-state index is 12.3. The molecule has 1 N–H and O–H groups in total. The lowest BCUT2D eigenvalue weighted by atomic mass is 10.0. The second kappa shape index (κ2) is 8.80. The summed E-state index contributed by atoms with van der Waals surface area (Å²) in [7, 11) is 3.78. The number of aliphatic hydroxyl groups is 1. The van der Waals surface area contributed by atoms with E-state index in [1.165, 1.54) is 6.92 Å². The molecule has 0 radical (unpaired) electrons. The molecule has 1 aromatic carbocycles. The van der Waals surface area contributed by atoms with Gasteiger partial charge in [0.25, 0.3) is 0 Å². The summed E-state index contributed by atoms with van der Waals surface area (Å²) in [5, 5.41) is 10.1. The van der Waals surface area contributed by atoms with Gasteiger partial charge in [-0.3, -0.25) is 4.79 Å². The van der Waals surface area contributed by atoms with Crippen LogP contribution in [0, 0.1) is 0 Å². The molecule has 0 aromatic heterocycles. The highest BCUT2D eigenvalue weighted by Crippen LogP contribution is 2.25. The van der Waals surface area contributed by atoms with E-state index in [9.17, 15) is 14.7 Å². The first kappa shape index (κ1) is 20.1. The summed E-state index contributed by atoms with van der Waals surface area (Å²) in [6.07, 6.45) is -0.971. The maximum absolute atomic E-state index is 12.3. The van der Waals surface area contributed by atoms with E-state index in [4.69, 9.17) is 9.47 Å². The molecule has 0 bridgehead atoms. The molecule has 0 unspecified atom stereocenters. The molecule has 1 rings (SSSR count). The van der Waals surface area contributed by atoms with E-state index >= 15 is 0 Å². The summed E-state index contributed by atoms with van der Waals surface area (Å²) < 4.78 is 10.4. The number of benzene rings is 1. The molecule has 3 atom stereocenters. The van der Waals surface area contributed by atoms with Crippen LogP contribution in [-0.4, -0.2) is 54.3 Å². The third-order valence-corrected chi connectivity index (χ3v) is 3.84. The number of carbonyl (C=O) groups excluding carboxylic acids is 2. The highest BCUT2D eigenvalue weighted by Gasteiger charge is 2.37. The second-order valence-electron chi connectivity index (χ2n) is 6.20. The normalized spacial score (nSPS) is 16.1. The average molecular weight is 337 g/mol. The van der Waals surface area contributed by atoms with Crippen LogP contribution in [0.5, 0.6) is 0 Å². The molecule has 0 aliphatic carbocycles. The van der Waals surface area contributed by atoms with Gasteiger partial charge in [-0.25, -0.2) is 4.79 Å². The van der Waals surface area contributed by atoms with Crippen molar-refractivity contribution in [2.24, 2.45) is 0 Å². The summed E-state index contributed by atoms with van der Waals surface area (Å²) in [4.78, 5) is 25.9.